The first-order chi connectivity index (χ1) is 11.9. The van der Waals surface area contributed by atoms with E-state index < -0.39 is 16.1 Å². The molecule has 0 saturated carbocycles. The van der Waals surface area contributed by atoms with Gasteiger partial charge in [-0.25, -0.2) is 8.42 Å². The quantitative estimate of drug-likeness (QED) is 0.714. The average molecular weight is 356 g/mol. The van der Waals surface area contributed by atoms with E-state index in [9.17, 15) is 13.2 Å². The lowest BCUT2D eigenvalue weighted by Gasteiger charge is -2.26. The minimum absolute atomic E-state index is 0.00710. The highest BCUT2D eigenvalue weighted by Crippen LogP contribution is 2.21. The Balaban J connectivity index is 2.37. The lowest BCUT2D eigenvalue weighted by Crippen LogP contribution is -2.42. The van der Waals surface area contributed by atoms with E-state index in [0.717, 1.165) is 9.87 Å². The number of sulfonamides is 1. The molecule has 0 aromatic heterocycles. The molecule has 0 unspecified atom stereocenters. The third kappa shape index (κ3) is 4.53. The van der Waals surface area contributed by atoms with Gasteiger partial charge in [0.05, 0.1) is 23.9 Å². The van der Waals surface area contributed by atoms with Crippen LogP contribution in [0.3, 0.4) is 0 Å². The van der Waals surface area contributed by atoms with Crippen LogP contribution in [0.4, 0.5) is 0 Å². The number of hydrogen-bond donors (Lipinski definition) is 0. The summed E-state index contributed by atoms with van der Waals surface area (Å²) in [6, 6.07) is 16.4. The molecule has 0 aliphatic rings. The van der Waals surface area contributed by atoms with Crippen LogP contribution in [0, 0.1) is 18.3 Å². The van der Waals surface area contributed by atoms with Gasteiger partial charge in [0.15, 0.2) is 5.78 Å². The SMILES string of the molecule is Cc1ccc(S(=O)(=O)N(CC(=O)c2ccccc2)[C@@H](C)CC#N)cc1. The zero-order valence-corrected chi connectivity index (χ0v) is 15.0. The Morgan fingerprint density at radius 1 is 1.12 bits per heavy atom. The fourth-order valence-corrected chi connectivity index (χ4v) is 4.00. The highest BCUT2D eigenvalue weighted by Gasteiger charge is 2.31. The van der Waals surface area contributed by atoms with Crippen molar-refractivity contribution in [1.29, 1.82) is 5.26 Å². The van der Waals surface area contributed by atoms with Crippen molar-refractivity contribution in [3.05, 3.63) is 65.7 Å². The Morgan fingerprint density at radius 3 is 2.28 bits per heavy atom. The highest BCUT2D eigenvalue weighted by molar-refractivity contribution is 7.89. The molecule has 130 valence electrons. The number of ketones is 1. The zero-order chi connectivity index (χ0) is 18.4. The van der Waals surface area contributed by atoms with Gasteiger partial charge in [-0.1, -0.05) is 48.0 Å². The van der Waals surface area contributed by atoms with Gasteiger partial charge in [0, 0.05) is 11.6 Å². The summed E-state index contributed by atoms with van der Waals surface area (Å²) in [5, 5.41) is 8.95. The largest absolute Gasteiger partial charge is 0.293 e. The summed E-state index contributed by atoms with van der Waals surface area (Å²) in [5.41, 5.74) is 1.38. The van der Waals surface area contributed by atoms with E-state index in [1.165, 1.54) is 12.1 Å². The Hall–Kier alpha value is -2.49. The zero-order valence-electron chi connectivity index (χ0n) is 14.2. The van der Waals surface area contributed by atoms with Gasteiger partial charge >= 0.3 is 0 Å². The van der Waals surface area contributed by atoms with Gasteiger partial charge in [-0.3, -0.25) is 4.79 Å². The Morgan fingerprint density at radius 2 is 1.72 bits per heavy atom. The van der Waals surface area contributed by atoms with Crippen molar-refractivity contribution in [1.82, 2.24) is 4.31 Å². The average Bonchev–Trinajstić information content (AvgIpc) is 2.60. The Bertz CT molecular complexity index is 869. The first kappa shape index (κ1) is 18.8. The molecule has 0 bridgehead atoms. The fraction of sp³-hybridized carbons (Fsp3) is 0.263. The molecule has 0 amide bonds. The maximum absolute atomic E-state index is 13.0. The molecule has 0 radical (unpaired) electrons. The summed E-state index contributed by atoms with van der Waals surface area (Å²) in [4.78, 5) is 12.6. The van der Waals surface area contributed by atoms with Gasteiger partial charge in [0.25, 0.3) is 0 Å². The molecule has 2 rings (SSSR count). The van der Waals surface area contributed by atoms with Crippen LogP contribution in [0.5, 0.6) is 0 Å². The van der Waals surface area contributed by atoms with Crippen LogP contribution in [0.15, 0.2) is 59.5 Å². The van der Waals surface area contributed by atoms with Crippen LogP contribution in [0.2, 0.25) is 0 Å². The lowest BCUT2D eigenvalue weighted by atomic mass is 10.1. The standard InChI is InChI=1S/C19H20N2O3S/c1-15-8-10-18(11-9-15)25(23,24)21(16(2)12-13-20)14-19(22)17-6-4-3-5-7-17/h3-11,16H,12,14H2,1-2H3/t16-/m0/s1. The number of carbonyl (C=O) groups is 1. The lowest BCUT2D eigenvalue weighted by molar-refractivity contribution is 0.0955. The van der Waals surface area contributed by atoms with Gasteiger partial charge in [0.2, 0.25) is 10.0 Å². The number of Topliss-reactive ketones (excluding diaryl/α,β-unsaturated/α-hetero) is 1. The van der Waals surface area contributed by atoms with E-state index in [-0.39, 0.29) is 23.6 Å². The molecule has 1 atom stereocenters. The monoisotopic (exact) mass is 356 g/mol. The number of benzene rings is 2. The second-order valence-corrected chi connectivity index (χ2v) is 7.75. The normalized spacial score (nSPS) is 12.6. The van der Waals surface area contributed by atoms with E-state index in [2.05, 4.69) is 0 Å². The molecule has 0 N–H and O–H groups in total. The van der Waals surface area contributed by atoms with Gasteiger partial charge in [-0.15, -0.1) is 0 Å². The number of hydrogen-bond acceptors (Lipinski definition) is 4. The van der Waals surface area contributed by atoms with Gasteiger partial charge in [0.1, 0.15) is 0 Å². The number of nitriles is 1. The highest BCUT2D eigenvalue weighted by atomic mass is 32.2. The third-order valence-electron chi connectivity index (χ3n) is 3.90. The first-order valence-corrected chi connectivity index (χ1v) is 9.34. The molecule has 0 fully saturated rings. The maximum atomic E-state index is 13.0. The van der Waals surface area contributed by atoms with Crippen molar-refractivity contribution in [2.75, 3.05) is 6.54 Å². The molecule has 2 aromatic carbocycles. The number of nitrogens with zero attached hydrogens (tertiary/aromatic N) is 2. The smallest absolute Gasteiger partial charge is 0.243 e. The molecule has 0 aliphatic carbocycles. The molecule has 0 aliphatic heterocycles. The van der Waals surface area contributed by atoms with Crippen molar-refractivity contribution in [2.45, 2.75) is 31.2 Å². The van der Waals surface area contributed by atoms with E-state index in [1.807, 2.05) is 13.0 Å². The van der Waals surface area contributed by atoms with Crippen LogP contribution < -0.4 is 0 Å². The van der Waals surface area contributed by atoms with Crippen molar-refractivity contribution in [2.24, 2.45) is 0 Å². The predicted octanol–water partition coefficient (Wildman–Crippen LogP) is 3.17. The van der Waals surface area contributed by atoms with Gasteiger partial charge < -0.3 is 0 Å². The molecule has 25 heavy (non-hydrogen) atoms. The molecule has 2 aromatic rings. The van der Waals surface area contributed by atoms with Crippen molar-refractivity contribution < 1.29 is 13.2 Å². The van der Waals surface area contributed by atoms with Crippen molar-refractivity contribution >= 4 is 15.8 Å². The topological polar surface area (TPSA) is 78.2 Å². The minimum atomic E-state index is -3.88. The molecule has 6 heteroatoms. The molecule has 0 spiro atoms. The Kier molecular flexibility index (Phi) is 6.07. The number of rotatable bonds is 7. The number of aryl methyl sites for hydroxylation is 1. The molecule has 0 saturated heterocycles. The predicted molar refractivity (Wildman–Crippen MR) is 95.5 cm³/mol. The van der Waals surface area contributed by atoms with E-state index in [1.54, 1.807) is 49.4 Å². The summed E-state index contributed by atoms with van der Waals surface area (Å²) in [6.07, 6.45) is 0.00710. The molecular formula is C19H20N2O3S. The van der Waals surface area contributed by atoms with Crippen LogP contribution in [0.1, 0.15) is 29.3 Å². The third-order valence-corrected chi connectivity index (χ3v) is 5.88. The van der Waals surface area contributed by atoms with Crippen molar-refractivity contribution in [3.8, 4) is 6.07 Å². The molecular weight excluding hydrogens is 336 g/mol. The molecule has 5 nitrogen and oxygen atoms in total. The summed E-state index contributed by atoms with van der Waals surface area (Å²) in [6.45, 7) is 3.20. The second kappa shape index (κ2) is 8.06. The second-order valence-electron chi connectivity index (χ2n) is 5.86. The number of carbonyl (C=O) groups excluding carboxylic acids is 1. The van der Waals surface area contributed by atoms with E-state index in [0.29, 0.717) is 5.56 Å². The first-order valence-electron chi connectivity index (χ1n) is 7.90. The summed E-state index contributed by atoms with van der Waals surface area (Å²) in [5.74, 6) is -0.305. The van der Waals surface area contributed by atoms with Crippen LogP contribution in [-0.4, -0.2) is 31.1 Å². The van der Waals surface area contributed by atoms with Crippen LogP contribution in [0.25, 0.3) is 0 Å². The maximum Gasteiger partial charge on any atom is 0.243 e. The van der Waals surface area contributed by atoms with Crippen LogP contribution in [-0.2, 0) is 10.0 Å². The molecule has 0 heterocycles. The van der Waals surface area contributed by atoms with Crippen molar-refractivity contribution in [3.63, 3.8) is 0 Å². The van der Waals surface area contributed by atoms with Gasteiger partial charge in [-0.2, -0.15) is 9.57 Å². The Labute approximate surface area is 148 Å². The van der Waals surface area contributed by atoms with E-state index >= 15 is 0 Å². The fourth-order valence-electron chi connectivity index (χ4n) is 2.41. The summed E-state index contributed by atoms with van der Waals surface area (Å²) >= 11 is 0. The van der Waals surface area contributed by atoms with E-state index in [4.69, 9.17) is 5.26 Å². The minimum Gasteiger partial charge on any atom is -0.293 e. The summed E-state index contributed by atoms with van der Waals surface area (Å²) < 4.78 is 27.1. The summed E-state index contributed by atoms with van der Waals surface area (Å²) in [7, 11) is -3.88. The van der Waals surface area contributed by atoms with Gasteiger partial charge in [-0.05, 0) is 26.0 Å². The van der Waals surface area contributed by atoms with Crippen LogP contribution >= 0.6 is 0 Å².